The highest BCUT2D eigenvalue weighted by Crippen LogP contribution is 2.20. The number of piperazine rings is 1. The van der Waals surface area contributed by atoms with Gasteiger partial charge in [0.2, 0.25) is 5.91 Å². The van der Waals surface area contributed by atoms with Crippen LogP contribution in [0.4, 0.5) is 0 Å². The molecule has 1 fully saturated rings. The van der Waals surface area contributed by atoms with Crippen molar-refractivity contribution in [3.8, 4) is 0 Å². The van der Waals surface area contributed by atoms with Crippen LogP contribution in [0, 0.1) is 0 Å². The molecule has 0 spiro atoms. The molecule has 0 aromatic carbocycles. The molecule has 0 atom stereocenters. The van der Waals surface area contributed by atoms with Crippen LogP contribution in [-0.4, -0.2) is 68.2 Å². The summed E-state index contributed by atoms with van der Waals surface area (Å²) in [6.07, 6.45) is 0.921. The van der Waals surface area contributed by atoms with Crippen LogP contribution in [-0.2, 0) is 21.4 Å². The number of hydrogen-bond donors (Lipinski definition) is 0. The molecule has 2 aromatic rings. The zero-order valence-electron chi connectivity index (χ0n) is 15.4. The first-order valence-electron chi connectivity index (χ1n) is 8.99. The molecule has 3 rings (SSSR count). The zero-order valence-corrected chi connectivity index (χ0v) is 17.9. The Morgan fingerprint density at radius 2 is 1.81 bits per heavy atom. The van der Waals surface area contributed by atoms with Gasteiger partial charge in [0.15, 0.2) is 0 Å². The number of amides is 1. The van der Waals surface area contributed by atoms with Gasteiger partial charge in [0.1, 0.15) is 4.21 Å². The number of carbonyl (C=O) groups excluding carboxylic acids is 1. The Hall–Kier alpha value is -1.26. The van der Waals surface area contributed by atoms with Crippen molar-refractivity contribution in [2.24, 2.45) is 0 Å². The maximum absolute atomic E-state index is 12.4. The Kier molecular flexibility index (Phi) is 7.04. The smallest absolute Gasteiger partial charge is 0.252 e. The van der Waals surface area contributed by atoms with Crippen LogP contribution in [0.25, 0.3) is 0 Å². The van der Waals surface area contributed by atoms with Crippen LogP contribution < -0.4 is 0 Å². The van der Waals surface area contributed by atoms with Crippen molar-refractivity contribution in [2.75, 3.05) is 39.8 Å². The van der Waals surface area contributed by atoms with Gasteiger partial charge in [0.05, 0.1) is 0 Å². The van der Waals surface area contributed by atoms with Gasteiger partial charge in [0, 0.05) is 57.6 Å². The number of rotatable bonds is 8. The van der Waals surface area contributed by atoms with Crippen molar-refractivity contribution in [2.45, 2.75) is 23.6 Å². The van der Waals surface area contributed by atoms with Crippen molar-refractivity contribution in [3.63, 3.8) is 0 Å². The van der Waals surface area contributed by atoms with Crippen LogP contribution in [0.3, 0.4) is 0 Å². The van der Waals surface area contributed by atoms with E-state index >= 15 is 0 Å². The van der Waals surface area contributed by atoms with Crippen molar-refractivity contribution in [1.29, 1.82) is 0 Å². The summed E-state index contributed by atoms with van der Waals surface area (Å²) < 4.78 is 26.4. The average molecular weight is 428 g/mol. The normalized spacial score (nSPS) is 16.1. The summed E-state index contributed by atoms with van der Waals surface area (Å²) in [5.74, 6) is 0.118. The Labute approximate surface area is 169 Å². The molecule has 0 N–H and O–H groups in total. The van der Waals surface area contributed by atoms with Gasteiger partial charge in [-0.05, 0) is 29.3 Å². The van der Waals surface area contributed by atoms with Gasteiger partial charge in [-0.25, -0.2) is 12.7 Å². The zero-order chi connectivity index (χ0) is 19.3. The Balaban J connectivity index is 1.38. The molecule has 0 radical (unpaired) electrons. The van der Waals surface area contributed by atoms with E-state index in [1.807, 2.05) is 4.90 Å². The highest BCUT2D eigenvalue weighted by atomic mass is 32.2. The number of carbonyl (C=O) groups is 1. The van der Waals surface area contributed by atoms with E-state index in [0.717, 1.165) is 32.7 Å². The molecule has 0 aliphatic carbocycles. The van der Waals surface area contributed by atoms with Gasteiger partial charge in [0.25, 0.3) is 10.0 Å². The molecule has 27 heavy (non-hydrogen) atoms. The van der Waals surface area contributed by atoms with Crippen LogP contribution in [0.1, 0.15) is 17.7 Å². The summed E-state index contributed by atoms with van der Waals surface area (Å²) >= 11 is 2.98. The Morgan fingerprint density at radius 3 is 2.44 bits per heavy atom. The fourth-order valence-corrected chi connectivity index (χ4v) is 6.23. The quantitative estimate of drug-likeness (QED) is 0.650. The molecule has 0 saturated carbocycles. The monoisotopic (exact) mass is 427 g/mol. The molecule has 3 heterocycles. The molecule has 1 aliphatic heterocycles. The first-order valence-corrected chi connectivity index (χ1v) is 12.2. The van der Waals surface area contributed by atoms with Gasteiger partial charge < -0.3 is 4.90 Å². The largest absolute Gasteiger partial charge is 0.340 e. The van der Waals surface area contributed by atoms with Crippen molar-refractivity contribution in [1.82, 2.24) is 14.1 Å². The lowest BCUT2D eigenvalue weighted by Crippen LogP contribution is -2.48. The molecule has 1 aliphatic rings. The van der Waals surface area contributed by atoms with Crippen molar-refractivity contribution >= 4 is 38.6 Å². The predicted octanol–water partition coefficient (Wildman–Crippen LogP) is 2.55. The van der Waals surface area contributed by atoms with E-state index in [1.54, 1.807) is 35.9 Å². The summed E-state index contributed by atoms with van der Waals surface area (Å²) in [6, 6.07) is 7.54. The second-order valence-electron chi connectivity index (χ2n) is 6.60. The lowest BCUT2D eigenvalue weighted by molar-refractivity contribution is -0.133. The van der Waals surface area contributed by atoms with E-state index in [2.05, 4.69) is 22.4 Å². The fraction of sp³-hybridized carbons (Fsp3) is 0.500. The Bertz CT molecular complexity index is 811. The van der Waals surface area contributed by atoms with Crippen LogP contribution >= 0.6 is 22.7 Å². The van der Waals surface area contributed by atoms with E-state index in [9.17, 15) is 13.2 Å². The number of sulfonamides is 1. The fourth-order valence-electron chi connectivity index (χ4n) is 3.07. The average Bonchev–Trinajstić information content (AvgIpc) is 3.36. The molecule has 9 heteroatoms. The minimum Gasteiger partial charge on any atom is -0.340 e. The van der Waals surface area contributed by atoms with Gasteiger partial charge >= 0.3 is 0 Å². The maximum atomic E-state index is 12.4. The SMILES string of the molecule is CN(CCCC(=O)N1CCN(Cc2cccs2)CC1)S(=O)(=O)c1cccs1. The lowest BCUT2D eigenvalue weighted by atomic mass is 10.2. The summed E-state index contributed by atoms with van der Waals surface area (Å²) in [7, 11) is -1.86. The second-order valence-corrected chi connectivity index (χ2v) is 10.9. The molecule has 1 amide bonds. The first kappa shape index (κ1) is 20.5. The topological polar surface area (TPSA) is 60.9 Å². The van der Waals surface area contributed by atoms with Crippen LogP contribution in [0.2, 0.25) is 0 Å². The maximum Gasteiger partial charge on any atom is 0.252 e. The van der Waals surface area contributed by atoms with Crippen molar-refractivity contribution < 1.29 is 13.2 Å². The van der Waals surface area contributed by atoms with E-state index < -0.39 is 10.0 Å². The predicted molar refractivity (Wildman–Crippen MR) is 110 cm³/mol. The Morgan fingerprint density at radius 1 is 1.11 bits per heavy atom. The number of thiophene rings is 2. The third-order valence-corrected chi connectivity index (χ3v) is 8.80. The van der Waals surface area contributed by atoms with Crippen LogP contribution in [0.5, 0.6) is 0 Å². The number of nitrogens with zero attached hydrogens (tertiary/aromatic N) is 3. The third-order valence-electron chi connectivity index (χ3n) is 4.71. The number of hydrogen-bond acceptors (Lipinski definition) is 6. The highest BCUT2D eigenvalue weighted by Gasteiger charge is 2.23. The highest BCUT2D eigenvalue weighted by molar-refractivity contribution is 7.91. The molecule has 6 nitrogen and oxygen atoms in total. The van der Waals surface area contributed by atoms with Gasteiger partial charge in [-0.3, -0.25) is 9.69 Å². The molecule has 1 saturated heterocycles. The van der Waals surface area contributed by atoms with Crippen molar-refractivity contribution in [3.05, 3.63) is 39.9 Å². The summed E-state index contributed by atoms with van der Waals surface area (Å²) in [4.78, 5) is 18.1. The summed E-state index contributed by atoms with van der Waals surface area (Å²) in [5.41, 5.74) is 0. The lowest BCUT2D eigenvalue weighted by Gasteiger charge is -2.34. The summed E-state index contributed by atoms with van der Waals surface area (Å²) in [5, 5.41) is 3.84. The van der Waals surface area contributed by atoms with Gasteiger partial charge in [-0.1, -0.05) is 12.1 Å². The molecular weight excluding hydrogens is 402 g/mol. The minimum atomic E-state index is -3.43. The van der Waals surface area contributed by atoms with Crippen LogP contribution in [0.15, 0.2) is 39.2 Å². The minimum absolute atomic E-state index is 0.118. The molecule has 148 valence electrons. The first-order chi connectivity index (χ1) is 13.0. The molecule has 2 aromatic heterocycles. The second kappa shape index (κ2) is 9.29. The van der Waals surface area contributed by atoms with E-state index in [0.29, 0.717) is 23.6 Å². The summed E-state index contributed by atoms with van der Waals surface area (Å²) in [6.45, 7) is 4.56. The molecule has 0 bridgehead atoms. The van der Waals surface area contributed by atoms with E-state index in [1.165, 1.54) is 20.5 Å². The van der Waals surface area contributed by atoms with E-state index in [4.69, 9.17) is 0 Å². The third kappa shape index (κ3) is 5.39. The molecule has 0 unspecified atom stereocenters. The van der Waals surface area contributed by atoms with Gasteiger partial charge in [-0.2, -0.15) is 0 Å². The standard InChI is InChI=1S/C18H25N3O3S3/c1-19(27(23,24)18-7-4-14-26-18)8-2-6-17(22)21-11-9-20(10-12-21)15-16-5-3-13-25-16/h3-5,7,13-14H,2,6,8-12,15H2,1H3. The molecular formula is C18H25N3O3S3. The van der Waals surface area contributed by atoms with Gasteiger partial charge in [-0.15, -0.1) is 22.7 Å². The van der Waals surface area contributed by atoms with E-state index in [-0.39, 0.29) is 5.91 Å².